The molecule has 0 fully saturated rings. The molecule has 0 aliphatic rings. The second-order valence-corrected chi connectivity index (χ2v) is 3.42. The van der Waals surface area contributed by atoms with Gasteiger partial charge in [-0.15, -0.1) is 6.58 Å². The summed E-state index contributed by atoms with van der Waals surface area (Å²) in [5, 5.41) is 0. The third kappa shape index (κ3) is 3.67. The first-order valence-electron chi connectivity index (χ1n) is 4.47. The van der Waals surface area contributed by atoms with Gasteiger partial charge in [0.05, 0.1) is 5.54 Å². The third-order valence-electron chi connectivity index (χ3n) is 1.98. The van der Waals surface area contributed by atoms with Crippen molar-refractivity contribution in [3.8, 4) is 0 Å². The van der Waals surface area contributed by atoms with Crippen LogP contribution in [-0.2, 0) is 4.79 Å². The molecule has 0 amide bonds. The maximum atomic E-state index is 11.4. The highest BCUT2D eigenvalue weighted by Gasteiger charge is 2.25. The van der Waals surface area contributed by atoms with E-state index in [2.05, 4.69) is 6.58 Å². The van der Waals surface area contributed by atoms with Crippen molar-refractivity contribution in [3.63, 3.8) is 0 Å². The zero-order chi connectivity index (χ0) is 9.61. The van der Waals surface area contributed by atoms with Crippen LogP contribution in [0.15, 0.2) is 12.7 Å². The van der Waals surface area contributed by atoms with Crippen LogP contribution >= 0.6 is 0 Å². The molecule has 12 heavy (non-hydrogen) atoms. The maximum Gasteiger partial charge on any atom is 0.152 e. The van der Waals surface area contributed by atoms with Gasteiger partial charge < -0.3 is 5.73 Å². The first-order valence-corrected chi connectivity index (χ1v) is 4.47. The van der Waals surface area contributed by atoms with Crippen LogP contribution < -0.4 is 5.73 Å². The van der Waals surface area contributed by atoms with Crippen LogP contribution in [0.2, 0.25) is 0 Å². The molecule has 0 aromatic carbocycles. The average Bonchev–Trinajstić information content (AvgIpc) is 2.00. The third-order valence-corrected chi connectivity index (χ3v) is 1.98. The summed E-state index contributed by atoms with van der Waals surface area (Å²) in [5.41, 5.74) is 5.20. The van der Waals surface area contributed by atoms with Gasteiger partial charge in [-0.2, -0.15) is 0 Å². The molecule has 1 unspecified atom stereocenters. The zero-order valence-electron chi connectivity index (χ0n) is 8.10. The fourth-order valence-electron chi connectivity index (χ4n) is 1.18. The molecule has 2 heteroatoms. The molecule has 0 saturated carbocycles. The summed E-state index contributed by atoms with van der Waals surface area (Å²) in [6.45, 7) is 7.41. The van der Waals surface area contributed by atoms with E-state index in [1.807, 2.05) is 13.8 Å². The summed E-state index contributed by atoms with van der Waals surface area (Å²) < 4.78 is 0. The van der Waals surface area contributed by atoms with E-state index in [0.29, 0.717) is 6.42 Å². The van der Waals surface area contributed by atoms with E-state index in [9.17, 15) is 4.79 Å². The Morgan fingerprint density at radius 3 is 2.67 bits per heavy atom. The second-order valence-electron chi connectivity index (χ2n) is 3.42. The molecule has 0 aliphatic heterocycles. The molecular weight excluding hydrogens is 150 g/mol. The Balaban J connectivity index is 3.96. The largest absolute Gasteiger partial charge is 0.319 e. The van der Waals surface area contributed by atoms with E-state index in [1.165, 1.54) is 0 Å². The van der Waals surface area contributed by atoms with Crippen molar-refractivity contribution in [2.75, 3.05) is 0 Å². The topological polar surface area (TPSA) is 43.1 Å². The van der Waals surface area contributed by atoms with Gasteiger partial charge in [0.1, 0.15) is 0 Å². The summed E-state index contributed by atoms with van der Waals surface area (Å²) in [5.74, 6) is 0.143. The molecule has 0 radical (unpaired) electrons. The Hall–Kier alpha value is -0.630. The van der Waals surface area contributed by atoms with Gasteiger partial charge in [0, 0.05) is 6.42 Å². The highest BCUT2D eigenvalue weighted by molar-refractivity contribution is 5.87. The Morgan fingerprint density at radius 2 is 2.25 bits per heavy atom. The van der Waals surface area contributed by atoms with Gasteiger partial charge in [-0.1, -0.05) is 19.4 Å². The lowest BCUT2D eigenvalue weighted by atomic mass is 9.90. The second kappa shape index (κ2) is 5.09. The molecule has 0 heterocycles. The fraction of sp³-hybridized carbons (Fsp3) is 0.700. The van der Waals surface area contributed by atoms with Crippen molar-refractivity contribution >= 4 is 5.78 Å². The van der Waals surface area contributed by atoms with Crippen LogP contribution in [-0.4, -0.2) is 11.3 Å². The molecule has 0 saturated heterocycles. The molecule has 0 bridgehead atoms. The van der Waals surface area contributed by atoms with Crippen LogP contribution in [0, 0.1) is 0 Å². The van der Waals surface area contributed by atoms with E-state index < -0.39 is 5.54 Å². The van der Waals surface area contributed by atoms with E-state index in [1.54, 1.807) is 6.08 Å². The molecule has 0 rings (SSSR count). The summed E-state index contributed by atoms with van der Waals surface area (Å²) >= 11 is 0. The van der Waals surface area contributed by atoms with Crippen molar-refractivity contribution in [3.05, 3.63) is 12.7 Å². The number of rotatable bonds is 6. The quantitative estimate of drug-likeness (QED) is 0.618. The zero-order valence-corrected chi connectivity index (χ0v) is 8.10. The first-order chi connectivity index (χ1) is 5.54. The lowest BCUT2D eigenvalue weighted by molar-refractivity contribution is -0.123. The van der Waals surface area contributed by atoms with Gasteiger partial charge in [0.25, 0.3) is 0 Å². The monoisotopic (exact) mass is 169 g/mol. The van der Waals surface area contributed by atoms with Crippen LogP contribution in [0.4, 0.5) is 0 Å². The van der Waals surface area contributed by atoms with Crippen LogP contribution in [0.25, 0.3) is 0 Å². The van der Waals surface area contributed by atoms with E-state index >= 15 is 0 Å². The molecule has 0 aromatic rings. The van der Waals surface area contributed by atoms with Crippen molar-refractivity contribution in [1.29, 1.82) is 0 Å². The summed E-state index contributed by atoms with van der Waals surface area (Å²) in [4.78, 5) is 11.4. The molecule has 70 valence electrons. The fourth-order valence-corrected chi connectivity index (χ4v) is 1.18. The van der Waals surface area contributed by atoms with Gasteiger partial charge in [-0.3, -0.25) is 4.79 Å². The minimum Gasteiger partial charge on any atom is -0.319 e. The highest BCUT2D eigenvalue weighted by atomic mass is 16.1. The van der Waals surface area contributed by atoms with Gasteiger partial charge in [-0.05, 0) is 19.8 Å². The first kappa shape index (κ1) is 11.4. The molecule has 2 nitrogen and oxygen atoms in total. The minimum absolute atomic E-state index is 0.143. The van der Waals surface area contributed by atoms with Crippen LogP contribution in [0.3, 0.4) is 0 Å². The molecule has 0 aromatic heterocycles. The molecule has 0 aliphatic carbocycles. The average molecular weight is 169 g/mol. The normalized spacial score (nSPS) is 15.2. The predicted molar refractivity (Wildman–Crippen MR) is 51.9 cm³/mol. The van der Waals surface area contributed by atoms with Gasteiger partial charge in [0.15, 0.2) is 5.78 Å². The Labute approximate surface area is 74.8 Å². The summed E-state index contributed by atoms with van der Waals surface area (Å²) in [6, 6.07) is 0. The lowest BCUT2D eigenvalue weighted by Crippen LogP contribution is -2.44. The van der Waals surface area contributed by atoms with Crippen LogP contribution in [0.1, 0.15) is 39.5 Å². The number of hydrogen-bond acceptors (Lipinski definition) is 2. The number of ketones is 1. The smallest absolute Gasteiger partial charge is 0.152 e. The van der Waals surface area contributed by atoms with Crippen molar-refractivity contribution in [1.82, 2.24) is 0 Å². The number of Topliss-reactive ketones (excluding diaryl/α,β-unsaturated/α-hetero) is 1. The van der Waals surface area contributed by atoms with Crippen molar-refractivity contribution in [2.24, 2.45) is 5.73 Å². The number of allylic oxidation sites excluding steroid dienone is 1. The Morgan fingerprint density at radius 1 is 1.67 bits per heavy atom. The minimum atomic E-state index is -0.627. The maximum absolute atomic E-state index is 11.4. The number of carbonyl (C=O) groups is 1. The molecule has 2 N–H and O–H groups in total. The Bertz CT molecular complexity index is 161. The number of nitrogens with two attached hydrogens (primary N) is 1. The van der Waals surface area contributed by atoms with Gasteiger partial charge in [0.2, 0.25) is 0 Å². The van der Waals surface area contributed by atoms with Crippen molar-refractivity contribution < 1.29 is 4.79 Å². The van der Waals surface area contributed by atoms with E-state index in [-0.39, 0.29) is 5.78 Å². The van der Waals surface area contributed by atoms with E-state index in [0.717, 1.165) is 19.3 Å². The molecule has 1 atom stereocenters. The molecule has 0 spiro atoms. The van der Waals surface area contributed by atoms with Gasteiger partial charge >= 0.3 is 0 Å². The van der Waals surface area contributed by atoms with Crippen LogP contribution in [0.5, 0.6) is 0 Å². The standard InChI is InChI=1S/C10H19NO/c1-4-6-7-9(12)10(3,11)8-5-2/h4H,1,5-8,11H2,2-3H3. The summed E-state index contributed by atoms with van der Waals surface area (Å²) in [6.07, 6.45) is 4.72. The number of hydrogen-bond donors (Lipinski definition) is 1. The predicted octanol–water partition coefficient (Wildman–Crippen LogP) is 2.04. The SMILES string of the molecule is C=CCCC(=O)C(C)(N)CCC. The summed E-state index contributed by atoms with van der Waals surface area (Å²) in [7, 11) is 0. The number of carbonyl (C=O) groups excluding carboxylic acids is 1. The van der Waals surface area contributed by atoms with Crippen molar-refractivity contribution in [2.45, 2.75) is 45.1 Å². The highest BCUT2D eigenvalue weighted by Crippen LogP contribution is 2.12. The lowest BCUT2D eigenvalue weighted by Gasteiger charge is -2.21. The van der Waals surface area contributed by atoms with E-state index in [4.69, 9.17) is 5.73 Å². The van der Waals surface area contributed by atoms with Gasteiger partial charge in [-0.25, -0.2) is 0 Å². The molecular formula is C10H19NO. The Kier molecular flexibility index (Phi) is 4.83.